The predicted molar refractivity (Wildman–Crippen MR) is 221 cm³/mol. The van der Waals surface area contributed by atoms with Crippen molar-refractivity contribution in [3.05, 3.63) is 175 Å². The Morgan fingerprint density at radius 1 is 0.471 bits per heavy atom. The third-order valence-corrected chi connectivity index (χ3v) is 11.6. The maximum absolute atomic E-state index is 6.73. The Morgan fingerprint density at radius 2 is 1.00 bits per heavy atom. The van der Waals surface area contributed by atoms with Crippen LogP contribution in [0.1, 0.15) is 10.4 Å². The van der Waals surface area contributed by atoms with E-state index in [9.17, 15) is 0 Å². The molecule has 2 heterocycles. The molecule has 1 nitrogen and oxygen atoms in total. The third-order valence-electron chi connectivity index (χ3n) is 10.5. The van der Waals surface area contributed by atoms with E-state index in [1.165, 1.54) is 70.4 Å². The fourth-order valence-corrected chi connectivity index (χ4v) is 9.14. The molecule has 0 aliphatic rings. The fraction of sp³-hybridized carbons (Fsp3) is 0.0204. The van der Waals surface area contributed by atoms with E-state index in [0.29, 0.717) is 0 Å². The number of aryl methyl sites for hydroxylation is 1. The Hall–Kier alpha value is -6.22. The molecule has 10 aromatic rings. The van der Waals surface area contributed by atoms with Crippen molar-refractivity contribution in [1.29, 1.82) is 0 Å². The van der Waals surface area contributed by atoms with Crippen LogP contribution in [0.4, 0.5) is 0 Å². The zero-order valence-corrected chi connectivity index (χ0v) is 28.9. The molecule has 0 unspecified atom stereocenters. The van der Waals surface area contributed by atoms with Gasteiger partial charge >= 0.3 is 0 Å². The third kappa shape index (κ3) is 4.61. The number of thiophene rings is 1. The van der Waals surface area contributed by atoms with Crippen molar-refractivity contribution in [3.63, 3.8) is 0 Å². The van der Waals surface area contributed by atoms with Crippen LogP contribution in [0.5, 0.6) is 0 Å². The second-order valence-corrected chi connectivity index (χ2v) is 14.3. The van der Waals surface area contributed by atoms with E-state index in [1.54, 1.807) is 11.3 Å². The van der Waals surface area contributed by atoms with Crippen LogP contribution in [0.2, 0.25) is 0 Å². The maximum Gasteiger partial charge on any atom is 0.142 e. The van der Waals surface area contributed by atoms with Gasteiger partial charge in [0.15, 0.2) is 0 Å². The highest BCUT2D eigenvalue weighted by molar-refractivity contribution is 7.20. The molecule has 0 saturated carbocycles. The van der Waals surface area contributed by atoms with Crippen molar-refractivity contribution in [1.82, 2.24) is 0 Å². The lowest BCUT2D eigenvalue weighted by molar-refractivity contribution is 0.633. The van der Waals surface area contributed by atoms with Gasteiger partial charge in [-0.25, -0.2) is 0 Å². The lowest BCUT2D eigenvalue weighted by Gasteiger charge is -2.18. The monoisotopic (exact) mass is 668 g/mol. The molecular weight excluding hydrogens is 637 g/mol. The fourth-order valence-electron chi connectivity index (χ4n) is 8.05. The first kappa shape index (κ1) is 29.7. The number of rotatable bonds is 5. The van der Waals surface area contributed by atoms with Crippen molar-refractivity contribution in [2.45, 2.75) is 6.92 Å². The van der Waals surface area contributed by atoms with E-state index >= 15 is 0 Å². The Kier molecular flexibility index (Phi) is 6.80. The smallest absolute Gasteiger partial charge is 0.142 e. The largest absolute Gasteiger partial charge is 0.455 e. The van der Waals surface area contributed by atoms with Gasteiger partial charge in [-0.15, -0.1) is 11.3 Å². The van der Waals surface area contributed by atoms with Gasteiger partial charge in [0.1, 0.15) is 11.3 Å². The molecule has 10 rings (SSSR count). The van der Waals surface area contributed by atoms with E-state index in [4.69, 9.17) is 4.42 Å². The molecule has 0 bridgehead atoms. The first-order valence-electron chi connectivity index (χ1n) is 17.4. The molecule has 0 spiro atoms. The van der Waals surface area contributed by atoms with Gasteiger partial charge in [0.05, 0.1) is 0 Å². The highest BCUT2D eigenvalue weighted by Gasteiger charge is 2.22. The summed E-state index contributed by atoms with van der Waals surface area (Å²) < 4.78 is 7.95. The highest BCUT2D eigenvalue weighted by Crippen LogP contribution is 2.47. The Balaban J connectivity index is 1.08. The zero-order valence-electron chi connectivity index (χ0n) is 28.1. The zero-order chi connectivity index (χ0) is 34.1. The van der Waals surface area contributed by atoms with Gasteiger partial charge in [-0.05, 0) is 73.3 Å². The standard InChI is InChI=1S/C49H32OS/c1-3-43-47(48-30(2)36-27-25-32-13-7-8-16-37(32)49(36)50-48)42-28-26-35(29-44(42)51-43)31-21-23-34(24-22-31)46-40-19-11-9-17-38(40)45(33-14-5-4-6-15-33)39-18-10-12-20-41(39)46/h3-29H,1H2,2H3. The van der Waals surface area contributed by atoms with Gasteiger partial charge in [0.2, 0.25) is 0 Å². The second kappa shape index (κ2) is 11.7. The van der Waals surface area contributed by atoms with Crippen molar-refractivity contribution >= 4 is 70.8 Å². The summed E-state index contributed by atoms with van der Waals surface area (Å²) in [6.45, 7) is 6.37. The van der Waals surface area contributed by atoms with E-state index in [0.717, 1.165) is 38.1 Å². The van der Waals surface area contributed by atoms with Crippen LogP contribution in [0.25, 0.3) is 104 Å². The average molecular weight is 669 g/mol. The number of hydrogen-bond acceptors (Lipinski definition) is 2. The summed E-state index contributed by atoms with van der Waals surface area (Å²) in [6, 6.07) is 57.2. The van der Waals surface area contributed by atoms with Gasteiger partial charge in [-0.2, -0.15) is 0 Å². The van der Waals surface area contributed by atoms with E-state index in [-0.39, 0.29) is 0 Å². The summed E-state index contributed by atoms with van der Waals surface area (Å²) in [6.07, 6.45) is 1.97. The molecule has 0 aliphatic carbocycles. The molecule has 0 saturated heterocycles. The molecule has 0 amide bonds. The van der Waals surface area contributed by atoms with Crippen LogP contribution in [-0.2, 0) is 0 Å². The minimum absolute atomic E-state index is 0.928. The van der Waals surface area contributed by atoms with Crippen LogP contribution in [0.15, 0.2) is 169 Å². The summed E-state index contributed by atoms with van der Waals surface area (Å²) in [5, 5.41) is 9.75. The molecule has 2 aromatic heterocycles. The Bertz CT molecular complexity index is 2920. The van der Waals surface area contributed by atoms with E-state index < -0.39 is 0 Å². The summed E-state index contributed by atoms with van der Waals surface area (Å²) in [7, 11) is 0. The highest BCUT2D eigenvalue weighted by atomic mass is 32.1. The van der Waals surface area contributed by atoms with Gasteiger partial charge in [-0.1, -0.05) is 164 Å². The van der Waals surface area contributed by atoms with Gasteiger partial charge < -0.3 is 4.42 Å². The minimum Gasteiger partial charge on any atom is -0.455 e. The van der Waals surface area contributed by atoms with Crippen molar-refractivity contribution in [2.75, 3.05) is 0 Å². The maximum atomic E-state index is 6.73. The van der Waals surface area contributed by atoms with Crippen LogP contribution in [0, 0.1) is 6.92 Å². The molecule has 0 N–H and O–H groups in total. The Labute approximate surface area is 300 Å². The molecule has 0 radical (unpaired) electrons. The normalized spacial score (nSPS) is 11.7. The van der Waals surface area contributed by atoms with E-state index in [1.807, 2.05) is 6.08 Å². The lowest BCUT2D eigenvalue weighted by Crippen LogP contribution is -1.90. The van der Waals surface area contributed by atoms with Crippen LogP contribution in [-0.4, -0.2) is 0 Å². The summed E-state index contributed by atoms with van der Waals surface area (Å²) >= 11 is 1.77. The average Bonchev–Trinajstić information content (AvgIpc) is 3.73. The van der Waals surface area contributed by atoms with Crippen LogP contribution in [0.3, 0.4) is 0 Å². The first-order chi connectivity index (χ1) is 25.2. The molecule has 0 atom stereocenters. The molecule has 0 fully saturated rings. The topological polar surface area (TPSA) is 13.1 Å². The van der Waals surface area contributed by atoms with E-state index in [2.05, 4.69) is 171 Å². The van der Waals surface area contributed by atoms with Crippen molar-refractivity contribution in [2.24, 2.45) is 0 Å². The van der Waals surface area contributed by atoms with Crippen molar-refractivity contribution in [3.8, 4) is 44.7 Å². The van der Waals surface area contributed by atoms with Crippen LogP contribution >= 0.6 is 11.3 Å². The summed E-state index contributed by atoms with van der Waals surface area (Å²) in [5.74, 6) is 0.928. The minimum atomic E-state index is 0.928. The summed E-state index contributed by atoms with van der Waals surface area (Å²) in [4.78, 5) is 1.13. The number of benzene rings is 8. The second-order valence-electron chi connectivity index (χ2n) is 13.3. The van der Waals surface area contributed by atoms with Crippen LogP contribution < -0.4 is 0 Å². The number of hydrogen-bond donors (Lipinski definition) is 0. The molecule has 240 valence electrons. The first-order valence-corrected chi connectivity index (χ1v) is 18.2. The quantitative estimate of drug-likeness (QED) is 0.166. The molecule has 8 aromatic carbocycles. The van der Waals surface area contributed by atoms with Gasteiger partial charge in [0, 0.05) is 36.9 Å². The SMILES string of the molecule is C=Cc1sc2cc(-c3ccc(-c4c5ccccc5c(-c5ccccc5)c5ccccc45)cc3)ccc2c1-c1oc2c(ccc3ccccc32)c1C. The molecule has 2 heteroatoms. The number of fused-ring (bicyclic) bond motifs is 6. The lowest BCUT2D eigenvalue weighted by atomic mass is 9.86. The van der Waals surface area contributed by atoms with Gasteiger partial charge in [-0.3, -0.25) is 0 Å². The molecule has 51 heavy (non-hydrogen) atoms. The van der Waals surface area contributed by atoms with Gasteiger partial charge in [0.25, 0.3) is 0 Å². The number of furan rings is 1. The Morgan fingerprint density at radius 3 is 1.65 bits per heavy atom. The summed E-state index contributed by atoms with van der Waals surface area (Å²) in [5.41, 5.74) is 10.6. The van der Waals surface area contributed by atoms with Crippen molar-refractivity contribution < 1.29 is 4.42 Å². The molecular formula is C49H32OS. The predicted octanol–water partition coefficient (Wildman–Crippen LogP) is 14.7. The molecule has 0 aliphatic heterocycles.